The van der Waals surface area contributed by atoms with Crippen LogP contribution in [0.3, 0.4) is 0 Å². The number of aromatic nitrogens is 3. The zero-order chi connectivity index (χ0) is 19.5. The molecule has 0 unspecified atom stereocenters. The van der Waals surface area contributed by atoms with Gasteiger partial charge in [-0.25, -0.2) is 9.97 Å². The van der Waals surface area contributed by atoms with E-state index < -0.39 is 0 Å². The van der Waals surface area contributed by atoms with Crippen molar-refractivity contribution in [2.45, 2.75) is 37.8 Å². The van der Waals surface area contributed by atoms with Crippen molar-refractivity contribution in [3.8, 4) is 17.2 Å². The van der Waals surface area contributed by atoms with E-state index in [1.54, 1.807) is 18.7 Å². The first-order valence-electron chi connectivity index (χ1n) is 9.67. The lowest BCUT2D eigenvalue weighted by Crippen LogP contribution is -2.36. The average molecular weight is 372 g/mol. The number of rotatable bonds is 4. The number of nitrogens with zero attached hydrogens (tertiary/aromatic N) is 5. The molecule has 0 saturated heterocycles. The second-order valence-electron chi connectivity index (χ2n) is 7.64. The first-order valence-corrected chi connectivity index (χ1v) is 9.67. The number of nitriles is 1. The molecule has 2 aromatic heterocycles. The summed E-state index contributed by atoms with van der Waals surface area (Å²) < 4.78 is 0. The van der Waals surface area contributed by atoms with E-state index in [2.05, 4.69) is 51.4 Å². The quantitative estimate of drug-likeness (QED) is 0.749. The Morgan fingerprint density at radius 3 is 2.61 bits per heavy atom. The summed E-state index contributed by atoms with van der Waals surface area (Å²) in [6, 6.07) is 11.2. The molecular formula is C22H24N6. The predicted molar refractivity (Wildman–Crippen MR) is 111 cm³/mol. The van der Waals surface area contributed by atoms with Crippen LogP contribution in [0.5, 0.6) is 0 Å². The highest BCUT2D eigenvalue weighted by atomic mass is 15.1. The van der Waals surface area contributed by atoms with Crippen molar-refractivity contribution in [3.63, 3.8) is 0 Å². The van der Waals surface area contributed by atoms with Gasteiger partial charge in [-0.05, 0) is 63.5 Å². The Hall–Kier alpha value is -3.04. The van der Waals surface area contributed by atoms with Gasteiger partial charge in [-0.2, -0.15) is 5.26 Å². The van der Waals surface area contributed by atoms with Crippen LogP contribution in [0, 0.1) is 11.3 Å². The van der Waals surface area contributed by atoms with E-state index in [1.165, 1.54) is 12.8 Å². The first kappa shape index (κ1) is 18.3. The summed E-state index contributed by atoms with van der Waals surface area (Å²) in [6.45, 7) is 0. The van der Waals surface area contributed by atoms with Gasteiger partial charge in [-0.3, -0.25) is 4.98 Å². The van der Waals surface area contributed by atoms with E-state index in [1.807, 2.05) is 18.2 Å². The molecule has 1 N–H and O–H groups in total. The standard InChI is InChI=1S/C22H24N6/c1-28(2)19-6-4-18(5-7-19)27-22-20-10-16(3-8-21(20)25-14-26-22)17-9-15(11-23)12-24-13-17/h3,8-10,12-14,18-19H,4-7H2,1-2H3,(H,25,26,27)/t18-,19-. The summed E-state index contributed by atoms with van der Waals surface area (Å²) in [7, 11) is 4.32. The summed E-state index contributed by atoms with van der Waals surface area (Å²) in [6.07, 6.45) is 9.65. The van der Waals surface area contributed by atoms with Crippen LogP contribution in [0.25, 0.3) is 22.0 Å². The molecule has 0 atom stereocenters. The SMILES string of the molecule is CN(C)[C@H]1CC[C@H](Nc2ncnc3ccc(-c4cncc(C#N)c4)cc23)CC1. The van der Waals surface area contributed by atoms with Crippen molar-refractivity contribution >= 4 is 16.7 Å². The molecule has 2 heterocycles. The Kier molecular flexibility index (Phi) is 5.18. The molecule has 142 valence electrons. The van der Waals surface area contributed by atoms with Gasteiger partial charge >= 0.3 is 0 Å². The fraction of sp³-hybridized carbons (Fsp3) is 0.364. The number of hydrogen-bond acceptors (Lipinski definition) is 6. The zero-order valence-electron chi connectivity index (χ0n) is 16.3. The summed E-state index contributed by atoms with van der Waals surface area (Å²) in [5.41, 5.74) is 3.39. The number of benzene rings is 1. The Balaban J connectivity index is 1.61. The lowest BCUT2D eigenvalue weighted by Gasteiger charge is -2.33. The minimum atomic E-state index is 0.432. The summed E-state index contributed by atoms with van der Waals surface area (Å²) in [4.78, 5) is 15.4. The molecule has 0 spiro atoms. The molecule has 1 fully saturated rings. The van der Waals surface area contributed by atoms with Crippen molar-refractivity contribution in [1.82, 2.24) is 19.9 Å². The average Bonchev–Trinajstić information content (AvgIpc) is 2.74. The molecule has 0 radical (unpaired) electrons. The van der Waals surface area contributed by atoms with Crippen molar-refractivity contribution in [2.75, 3.05) is 19.4 Å². The topological polar surface area (TPSA) is 77.7 Å². The number of fused-ring (bicyclic) bond motifs is 1. The fourth-order valence-electron chi connectivity index (χ4n) is 3.94. The molecule has 3 aromatic rings. The van der Waals surface area contributed by atoms with E-state index in [0.29, 0.717) is 17.6 Å². The van der Waals surface area contributed by atoms with Crippen LogP contribution in [0.4, 0.5) is 5.82 Å². The third-order valence-electron chi connectivity index (χ3n) is 5.60. The largest absolute Gasteiger partial charge is 0.367 e. The summed E-state index contributed by atoms with van der Waals surface area (Å²) in [5.74, 6) is 0.879. The minimum Gasteiger partial charge on any atom is -0.367 e. The van der Waals surface area contributed by atoms with E-state index in [4.69, 9.17) is 5.26 Å². The maximum absolute atomic E-state index is 9.14. The van der Waals surface area contributed by atoms with Crippen LogP contribution >= 0.6 is 0 Å². The van der Waals surface area contributed by atoms with Crippen LogP contribution in [0.15, 0.2) is 43.0 Å². The van der Waals surface area contributed by atoms with Gasteiger partial charge in [-0.15, -0.1) is 0 Å². The second-order valence-corrected chi connectivity index (χ2v) is 7.64. The first-order chi connectivity index (χ1) is 13.6. The van der Waals surface area contributed by atoms with Crippen molar-refractivity contribution < 1.29 is 0 Å². The van der Waals surface area contributed by atoms with Gasteiger partial charge in [-0.1, -0.05) is 6.07 Å². The van der Waals surface area contributed by atoms with E-state index in [9.17, 15) is 0 Å². The summed E-state index contributed by atoms with van der Waals surface area (Å²) >= 11 is 0. The molecule has 0 amide bonds. The Morgan fingerprint density at radius 2 is 1.86 bits per heavy atom. The van der Waals surface area contributed by atoms with Crippen LogP contribution in [-0.2, 0) is 0 Å². The highest BCUT2D eigenvalue weighted by molar-refractivity contribution is 5.92. The van der Waals surface area contributed by atoms with E-state index >= 15 is 0 Å². The maximum Gasteiger partial charge on any atom is 0.137 e. The van der Waals surface area contributed by atoms with Crippen LogP contribution in [-0.4, -0.2) is 46.0 Å². The number of anilines is 1. The molecule has 0 bridgehead atoms. The number of pyridine rings is 1. The highest BCUT2D eigenvalue weighted by Crippen LogP contribution is 2.29. The number of hydrogen-bond donors (Lipinski definition) is 1. The Morgan fingerprint density at radius 1 is 1.04 bits per heavy atom. The molecule has 1 saturated carbocycles. The van der Waals surface area contributed by atoms with E-state index in [-0.39, 0.29) is 0 Å². The van der Waals surface area contributed by atoms with Gasteiger partial charge in [0.1, 0.15) is 18.2 Å². The van der Waals surface area contributed by atoms with E-state index in [0.717, 1.165) is 40.7 Å². The molecule has 6 heteroatoms. The van der Waals surface area contributed by atoms with Gasteiger partial charge in [0, 0.05) is 35.4 Å². The van der Waals surface area contributed by atoms with Crippen LogP contribution in [0.2, 0.25) is 0 Å². The van der Waals surface area contributed by atoms with Crippen LogP contribution in [0.1, 0.15) is 31.2 Å². The zero-order valence-corrected chi connectivity index (χ0v) is 16.3. The van der Waals surface area contributed by atoms with Gasteiger partial charge < -0.3 is 10.2 Å². The predicted octanol–water partition coefficient (Wildman–Crippen LogP) is 3.85. The Bertz CT molecular complexity index is 1010. The van der Waals surface area contributed by atoms with Crippen molar-refractivity contribution in [3.05, 3.63) is 48.5 Å². The van der Waals surface area contributed by atoms with Gasteiger partial charge in [0.25, 0.3) is 0 Å². The molecule has 0 aliphatic heterocycles. The molecule has 6 nitrogen and oxygen atoms in total. The lowest BCUT2D eigenvalue weighted by molar-refractivity contribution is 0.221. The molecule has 1 aliphatic carbocycles. The minimum absolute atomic E-state index is 0.432. The second kappa shape index (κ2) is 7.91. The molecule has 28 heavy (non-hydrogen) atoms. The monoisotopic (exact) mass is 372 g/mol. The van der Waals surface area contributed by atoms with Crippen molar-refractivity contribution in [1.29, 1.82) is 5.26 Å². The highest BCUT2D eigenvalue weighted by Gasteiger charge is 2.23. The third kappa shape index (κ3) is 3.80. The molecule has 1 aromatic carbocycles. The summed E-state index contributed by atoms with van der Waals surface area (Å²) in [5, 5.41) is 13.8. The van der Waals surface area contributed by atoms with Crippen LogP contribution < -0.4 is 5.32 Å². The fourth-order valence-corrected chi connectivity index (χ4v) is 3.94. The lowest BCUT2D eigenvalue weighted by atomic mass is 9.90. The van der Waals surface area contributed by atoms with Crippen molar-refractivity contribution in [2.24, 2.45) is 0 Å². The molecule has 1 aliphatic rings. The third-order valence-corrected chi connectivity index (χ3v) is 5.60. The van der Waals surface area contributed by atoms with Gasteiger partial charge in [0.15, 0.2) is 0 Å². The maximum atomic E-state index is 9.14. The number of nitrogens with one attached hydrogen (secondary N) is 1. The smallest absolute Gasteiger partial charge is 0.137 e. The van der Waals surface area contributed by atoms with Gasteiger partial charge in [0.2, 0.25) is 0 Å². The molecular weight excluding hydrogens is 348 g/mol. The normalized spacial score (nSPS) is 19.5. The molecule has 4 rings (SSSR count). The Labute approximate surface area is 165 Å². The van der Waals surface area contributed by atoms with Gasteiger partial charge in [0.05, 0.1) is 11.1 Å².